The molecule has 0 unspecified atom stereocenters. The molecule has 2 heterocycles. The average Bonchev–Trinajstić information content (AvgIpc) is 3.35. The Balaban J connectivity index is 1.34. The molecule has 3 aromatic carbocycles. The number of ether oxygens (including phenoxy) is 1. The quantitative estimate of drug-likeness (QED) is 0.520. The minimum atomic E-state index is -1.04. The molecule has 3 aromatic rings. The van der Waals surface area contributed by atoms with E-state index in [1.807, 2.05) is 54.6 Å². The number of nitrogens with zero attached hydrogens (tertiary/aromatic N) is 2. The number of aryl methyl sites for hydroxylation is 1. The number of amides is 3. The van der Waals surface area contributed by atoms with E-state index in [-0.39, 0.29) is 24.0 Å². The van der Waals surface area contributed by atoms with Crippen molar-refractivity contribution in [2.45, 2.75) is 44.5 Å². The van der Waals surface area contributed by atoms with Gasteiger partial charge in [0.2, 0.25) is 5.91 Å². The second-order valence-electron chi connectivity index (χ2n) is 10.0. The van der Waals surface area contributed by atoms with Crippen LogP contribution >= 0.6 is 0 Å². The van der Waals surface area contributed by atoms with E-state index in [9.17, 15) is 18.8 Å². The van der Waals surface area contributed by atoms with Crippen LogP contribution in [0.5, 0.6) is 0 Å². The van der Waals surface area contributed by atoms with Gasteiger partial charge < -0.3 is 15.0 Å². The van der Waals surface area contributed by atoms with E-state index in [4.69, 9.17) is 4.74 Å². The Labute approximate surface area is 227 Å². The molecule has 1 spiro atoms. The molecule has 0 bridgehead atoms. The van der Waals surface area contributed by atoms with Gasteiger partial charge in [-0.3, -0.25) is 19.3 Å². The maximum Gasteiger partial charge on any atom is 0.256 e. The molecule has 8 heteroatoms. The number of carbonyl (C=O) groups is 3. The number of benzene rings is 3. The van der Waals surface area contributed by atoms with Crippen molar-refractivity contribution < 1.29 is 23.5 Å². The maximum atomic E-state index is 13.8. The third-order valence-corrected chi connectivity index (χ3v) is 7.62. The zero-order valence-corrected chi connectivity index (χ0v) is 21.9. The van der Waals surface area contributed by atoms with E-state index in [1.165, 1.54) is 29.2 Å². The SMILES string of the molecule is CCc1ccc(C(=O)N2CCC3(CC2)OC[C@@H](C(=O)NCc2ccccc2)N3C(=O)c2ccc(F)cc2)cc1. The zero-order chi connectivity index (χ0) is 27.4. The summed E-state index contributed by atoms with van der Waals surface area (Å²) in [6.45, 7) is 3.18. The predicted molar refractivity (Wildman–Crippen MR) is 144 cm³/mol. The lowest BCUT2D eigenvalue weighted by Crippen LogP contribution is -2.59. The Morgan fingerprint density at radius 2 is 1.49 bits per heavy atom. The van der Waals surface area contributed by atoms with Crippen molar-refractivity contribution in [2.24, 2.45) is 0 Å². The first kappa shape index (κ1) is 26.6. The predicted octanol–water partition coefficient (Wildman–Crippen LogP) is 4.18. The van der Waals surface area contributed by atoms with Crippen molar-refractivity contribution in [1.29, 1.82) is 0 Å². The zero-order valence-electron chi connectivity index (χ0n) is 21.9. The highest BCUT2D eigenvalue weighted by atomic mass is 19.1. The third kappa shape index (κ3) is 5.56. The summed E-state index contributed by atoms with van der Waals surface area (Å²) < 4.78 is 19.8. The van der Waals surface area contributed by atoms with Crippen molar-refractivity contribution >= 4 is 17.7 Å². The minimum Gasteiger partial charge on any atom is -0.353 e. The molecular formula is C31H32FN3O4. The summed E-state index contributed by atoms with van der Waals surface area (Å²) in [5.41, 5.74) is 1.96. The Morgan fingerprint density at radius 3 is 2.13 bits per heavy atom. The van der Waals surface area contributed by atoms with Crippen molar-refractivity contribution in [2.75, 3.05) is 19.7 Å². The van der Waals surface area contributed by atoms with Gasteiger partial charge in [-0.1, -0.05) is 49.4 Å². The van der Waals surface area contributed by atoms with Crippen LogP contribution in [0.2, 0.25) is 0 Å². The summed E-state index contributed by atoms with van der Waals surface area (Å²) in [7, 11) is 0. The molecule has 2 aliphatic heterocycles. The molecular weight excluding hydrogens is 497 g/mol. The number of rotatable bonds is 6. The molecule has 0 aromatic heterocycles. The molecule has 2 fully saturated rings. The van der Waals surface area contributed by atoms with E-state index >= 15 is 0 Å². The maximum absolute atomic E-state index is 13.8. The number of carbonyl (C=O) groups excluding carboxylic acids is 3. The topological polar surface area (TPSA) is 79.0 Å². The van der Waals surface area contributed by atoms with Crippen LogP contribution < -0.4 is 5.32 Å². The van der Waals surface area contributed by atoms with Crippen LogP contribution in [0.25, 0.3) is 0 Å². The first-order valence-electron chi connectivity index (χ1n) is 13.3. The van der Waals surface area contributed by atoms with Crippen LogP contribution in [0.3, 0.4) is 0 Å². The fourth-order valence-electron chi connectivity index (χ4n) is 5.33. The molecule has 7 nitrogen and oxygen atoms in total. The second kappa shape index (κ2) is 11.4. The highest BCUT2D eigenvalue weighted by molar-refractivity contribution is 5.98. The third-order valence-electron chi connectivity index (χ3n) is 7.62. The molecule has 202 valence electrons. The number of likely N-dealkylation sites (tertiary alicyclic amines) is 1. The van der Waals surface area contributed by atoms with Gasteiger partial charge in [0.1, 0.15) is 17.6 Å². The Morgan fingerprint density at radius 1 is 0.872 bits per heavy atom. The fraction of sp³-hybridized carbons (Fsp3) is 0.323. The van der Waals surface area contributed by atoms with Crippen molar-refractivity contribution in [3.05, 3.63) is 107 Å². The van der Waals surface area contributed by atoms with Crippen molar-refractivity contribution in [1.82, 2.24) is 15.1 Å². The Kier molecular flexibility index (Phi) is 7.74. The van der Waals surface area contributed by atoms with Crippen LogP contribution in [0.4, 0.5) is 4.39 Å². The largest absolute Gasteiger partial charge is 0.353 e. The molecule has 3 amide bonds. The molecule has 1 atom stereocenters. The van der Waals surface area contributed by atoms with E-state index in [0.29, 0.717) is 38.0 Å². The van der Waals surface area contributed by atoms with E-state index in [1.54, 1.807) is 4.90 Å². The normalized spacial score (nSPS) is 18.3. The fourth-order valence-corrected chi connectivity index (χ4v) is 5.33. The number of piperidine rings is 1. The highest BCUT2D eigenvalue weighted by Gasteiger charge is 2.54. The number of hydrogen-bond donors (Lipinski definition) is 1. The van der Waals surface area contributed by atoms with Crippen molar-refractivity contribution in [3.63, 3.8) is 0 Å². The lowest BCUT2D eigenvalue weighted by molar-refractivity contribution is -0.128. The van der Waals surface area contributed by atoms with Crippen LogP contribution in [0, 0.1) is 5.82 Å². The highest BCUT2D eigenvalue weighted by Crippen LogP contribution is 2.39. The monoisotopic (exact) mass is 529 g/mol. The standard InChI is InChI=1S/C31H32FN3O4/c1-2-22-8-10-24(11-9-22)29(37)34-18-16-31(17-19-34)35(30(38)25-12-14-26(32)15-13-25)27(21-39-31)28(36)33-20-23-6-4-3-5-7-23/h3-15,27H,2,16-21H2,1H3,(H,33,36)/t27-/m0/s1. The van der Waals surface area contributed by atoms with Crippen LogP contribution in [-0.2, 0) is 22.5 Å². The van der Waals surface area contributed by atoms with E-state index in [2.05, 4.69) is 12.2 Å². The van der Waals surface area contributed by atoms with Gasteiger partial charge >= 0.3 is 0 Å². The molecule has 2 saturated heterocycles. The molecule has 39 heavy (non-hydrogen) atoms. The van der Waals surface area contributed by atoms with Gasteiger partial charge in [0.15, 0.2) is 0 Å². The Bertz CT molecular complexity index is 1320. The van der Waals surface area contributed by atoms with Gasteiger partial charge in [-0.05, 0) is 53.9 Å². The summed E-state index contributed by atoms with van der Waals surface area (Å²) in [6, 6.07) is 21.6. The number of hydrogen-bond acceptors (Lipinski definition) is 4. The smallest absolute Gasteiger partial charge is 0.256 e. The molecule has 5 rings (SSSR count). The summed E-state index contributed by atoms with van der Waals surface area (Å²) in [5.74, 6) is -1.24. The van der Waals surface area contributed by atoms with Crippen LogP contribution in [-0.4, -0.2) is 59.0 Å². The summed E-state index contributed by atoms with van der Waals surface area (Å²) in [6.07, 6.45) is 1.62. The first-order chi connectivity index (χ1) is 18.9. The minimum absolute atomic E-state index is 0.0417. The van der Waals surface area contributed by atoms with Gasteiger partial charge in [-0.25, -0.2) is 4.39 Å². The average molecular weight is 530 g/mol. The summed E-state index contributed by atoms with van der Waals surface area (Å²) in [5, 5.41) is 2.93. The second-order valence-corrected chi connectivity index (χ2v) is 10.0. The number of halogens is 1. The van der Waals surface area contributed by atoms with Crippen LogP contribution in [0.15, 0.2) is 78.9 Å². The van der Waals surface area contributed by atoms with Gasteiger partial charge in [-0.15, -0.1) is 0 Å². The van der Waals surface area contributed by atoms with E-state index in [0.717, 1.165) is 17.5 Å². The molecule has 2 aliphatic rings. The van der Waals surface area contributed by atoms with Gasteiger partial charge in [-0.2, -0.15) is 0 Å². The summed E-state index contributed by atoms with van der Waals surface area (Å²) >= 11 is 0. The summed E-state index contributed by atoms with van der Waals surface area (Å²) in [4.78, 5) is 43.6. The Hall–Kier alpha value is -4.04. The lowest BCUT2D eigenvalue weighted by Gasteiger charge is -2.44. The van der Waals surface area contributed by atoms with Gasteiger partial charge in [0.25, 0.3) is 11.8 Å². The molecule has 0 radical (unpaired) electrons. The molecule has 0 aliphatic carbocycles. The van der Waals surface area contributed by atoms with Crippen molar-refractivity contribution in [3.8, 4) is 0 Å². The van der Waals surface area contributed by atoms with Gasteiger partial charge in [0, 0.05) is 43.6 Å². The first-order valence-corrected chi connectivity index (χ1v) is 13.3. The molecule has 1 N–H and O–H groups in total. The van der Waals surface area contributed by atoms with Gasteiger partial charge in [0.05, 0.1) is 6.61 Å². The lowest BCUT2D eigenvalue weighted by atomic mass is 9.96. The van der Waals surface area contributed by atoms with E-state index < -0.39 is 23.5 Å². The van der Waals surface area contributed by atoms with Crippen LogP contribution in [0.1, 0.15) is 51.6 Å². The number of nitrogens with one attached hydrogen (secondary N) is 1. The molecule has 0 saturated carbocycles.